The van der Waals surface area contributed by atoms with E-state index in [1.54, 1.807) is 4.52 Å². The van der Waals surface area contributed by atoms with Crippen LogP contribution in [0.2, 0.25) is 0 Å². The molecule has 86 valence electrons. The third-order valence-electron chi connectivity index (χ3n) is 2.25. The molecule has 0 spiro atoms. The van der Waals surface area contributed by atoms with Gasteiger partial charge >= 0.3 is 0 Å². The molecule has 1 unspecified atom stereocenters. The average molecular weight is 285 g/mol. The van der Waals surface area contributed by atoms with E-state index in [1.807, 2.05) is 25.3 Å². The fourth-order valence-electron chi connectivity index (χ4n) is 1.42. The van der Waals surface area contributed by atoms with Crippen LogP contribution in [-0.4, -0.2) is 32.4 Å². The molecule has 0 aliphatic carbocycles. The molecular formula is C10H13BrN4O. The minimum Gasteiger partial charge on any atom is -0.396 e. The highest BCUT2D eigenvalue weighted by atomic mass is 79.9. The van der Waals surface area contributed by atoms with Crippen LogP contribution in [0.15, 0.2) is 22.8 Å². The summed E-state index contributed by atoms with van der Waals surface area (Å²) in [5, 5.41) is 16.2. The van der Waals surface area contributed by atoms with Crippen LogP contribution in [0, 0.1) is 0 Å². The Labute approximate surface area is 102 Å². The predicted octanol–water partition coefficient (Wildman–Crippen LogP) is 1.67. The minimum absolute atomic E-state index is 0.154. The second-order valence-electron chi connectivity index (χ2n) is 3.62. The summed E-state index contributed by atoms with van der Waals surface area (Å²) in [5.74, 6) is 0.577. The van der Waals surface area contributed by atoms with Gasteiger partial charge in [-0.3, -0.25) is 0 Å². The normalized spacial score (nSPS) is 12.9. The quantitative estimate of drug-likeness (QED) is 0.897. The van der Waals surface area contributed by atoms with Gasteiger partial charge in [0.15, 0.2) is 5.65 Å². The summed E-state index contributed by atoms with van der Waals surface area (Å²) in [6.07, 6.45) is 2.52. The van der Waals surface area contributed by atoms with Gasteiger partial charge in [-0.25, -0.2) is 4.52 Å². The van der Waals surface area contributed by atoms with Gasteiger partial charge in [0.05, 0.1) is 4.47 Å². The van der Waals surface area contributed by atoms with Crippen LogP contribution in [-0.2, 0) is 0 Å². The second-order valence-corrected chi connectivity index (χ2v) is 4.47. The van der Waals surface area contributed by atoms with E-state index >= 15 is 0 Å². The summed E-state index contributed by atoms with van der Waals surface area (Å²) < 4.78 is 2.61. The van der Waals surface area contributed by atoms with Gasteiger partial charge in [0, 0.05) is 18.8 Å². The number of halogens is 1. The topological polar surface area (TPSA) is 62.5 Å². The van der Waals surface area contributed by atoms with E-state index < -0.39 is 0 Å². The number of nitrogens with one attached hydrogen (secondary N) is 1. The highest BCUT2D eigenvalue weighted by Crippen LogP contribution is 2.17. The molecule has 6 heteroatoms. The van der Waals surface area contributed by atoms with Gasteiger partial charge in [-0.15, -0.1) is 5.10 Å². The zero-order valence-corrected chi connectivity index (χ0v) is 10.5. The van der Waals surface area contributed by atoms with Crippen LogP contribution in [0.25, 0.3) is 5.65 Å². The Kier molecular flexibility index (Phi) is 3.40. The van der Waals surface area contributed by atoms with Crippen LogP contribution in [0.4, 0.5) is 5.95 Å². The molecule has 2 rings (SSSR count). The first kappa shape index (κ1) is 11.3. The van der Waals surface area contributed by atoms with Crippen LogP contribution < -0.4 is 5.32 Å². The molecule has 0 bridgehead atoms. The summed E-state index contributed by atoms with van der Waals surface area (Å²) >= 11 is 3.42. The van der Waals surface area contributed by atoms with Crippen molar-refractivity contribution in [1.29, 1.82) is 0 Å². The number of hydrogen-bond donors (Lipinski definition) is 2. The molecule has 0 saturated carbocycles. The molecule has 2 heterocycles. The molecule has 2 aromatic heterocycles. The number of aliphatic hydroxyl groups excluding tert-OH is 1. The SMILES string of the molecule is CC(CCO)Nc1nc2c(Br)cccn2n1. The van der Waals surface area contributed by atoms with Crippen molar-refractivity contribution in [2.75, 3.05) is 11.9 Å². The molecule has 0 radical (unpaired) electrons. The zero-order chi connectivity index (χ0) is 11.5. The van der Waals surface area contributed by atoms with Crippen molar-refractivity contribution in [2.45, 2.75) is 19.4 Å². The Morgan fingerprint density at radius 2 is 2.44 bits per heavy atom. The van der Waals surface area contributed by atoms with Crippen molar-refractivity contribution in [3.8, 4) is 0 Å². The van der Waals surface area contributed by atoms with Crippen molar-refractivity contribution in [1.82, 2.24) is 14.6 Å². The lowest BCUT2D eigenvalue weighted by Gasteiger charge is -2.09. The lowest BCUT2D eigenvalue weighted by atomic mass is 10.2. The van der Waals surface area contributed by atoms with Crippen LogP contribution in [0.3, 0.4) is 0 Å². The summed E-state index contributed by atoms with van der Waals surface area (Å²) in [6.45, 7) is 2.14. The van der Waals surface area contributed by atoms with Crippen LogP contribution >= 0.6 is 15.9 Å². The van der Waals surface area contributed by atoms with Gasteiger partial charge in [-0.2, -0.15) is 4.98 Å². The molecule has 1 atom stereocenters. The van der Waals surface area contributed by atoms with E-state index in [1.165, 1.54) is 0 Å². The molecule has 0 fully saturated rings. The highest BCUT2D eigenvalue weighted by Gasteiger charge is 2.08. The largest absolute Gasteiger partial charge is 0.396 e. The van der Waals surface area contributed by atoms with Gasteiger partial charge in [0.25, 0.3) is 0 Å². The Bertz CT molecular complexity index is 485. The monoisotopic (exact) mass is 284 g/mol. The first-order valence-electron chi connectivity index (χ1n) is 5.09. The van der Waals surface area contributed by atoms with Gasteiger partial charge in [0.1, 0.15) is 0 Å². The molecule has 0 aliphatic rings. The Hall–Kier alpha value is -1.14. The van der Waals surface area contributed by atoms with Crippen molar-refractivity contribution in [2.24, 2.45) is 0 Å². The number of fused-ring (bicyclic) bond motifs is 1. The summed E-state index contributed by atoms with van der Waals surface area (Å²) in [6, 6.07) is 3.97. The van der Waals surface area contributed by atoms with Gasteiger partial charge in [-0.05, 0) is 41.4 Å². The van der Waals surface area contributed by atoms with E-state index in [0.717, 1.165) is 10.1 Å². The number of rotatable bonds is 4. The number of nitrogens with zero attached hydrogens (tertiary/aromatic N) is 3. The predicted molar refractivity (Wildman–Crippen MR) is 65.5 cm³/mol. The molecule has 0 amide bonds. The molecule has 16 heavy (non-hydrogen) atoms. The molecule has 0 aliphatic heterocycles. The van der Waals surface area contributed by atoms with E-state index in [0.29, 0.717) is 12.4 Å². The maximum Gasteiger partial charge on any atom is 0.243 e. The first-order valence-corrected chi connectivity index (χ1v) is 5.88. The highest BCUT2D eigenvalue weighted by molar-refractivity contribution is 9.10. The number of pyridine rings is 1. The number of anilines is 1. The molecule has 5 nitrogen and oxygen atoms in total. The van der Waals surface area contributed by atoms with Gasteiger partial charge in [-0.1, -0.05) is 0 Å². The van der Waals surface area contributed by atoms with Crippen LogP contribution in [0.5, 0.6) is 0 Å². The Morgan fingerprint density at radius 1 is 1.62 bits per heavy atom. The fourth-order valence-corrected chi connectivity index (χ4v) is 1.84. The number of aromatic nitrogens is 3. The molecule has 2 N–H and O–H groups in total. The van der Waals surface area contributed by atoms with Crippen molar-refractivity contribution in [3.63, 3.8) is 0 Å². The summed E-state index contributed by atoms with van der Waals surface area (Å²) in [4.78, 5) is 4.35. The molecule has 0 saturated heterocycles. The smallest absolute Gasteiger partial charge is 0.243 e. The van der Waals surface area contributed by atoms with Crippen molar-refractivity contribution in [3.05, 3.63) is 22.8 Å². The van der Waals surface area contributed by atoms with Crippen molar-refractivity contribution >= 4 is 27.5 Å². The number of aliphatic hydroxyl groups is 1. The maximum absolute atomic E-state index is 8.81. The van der Waals surface area contributed by atoms with Crippen LogP contribution in [0.1, 0.15) is 13.3 Å². The molecule has 2 aromatic rings. The Morgan fingerprint density at radius 3 is 3.12 bits per heavy atom. The summed E-state index contributed by atoms with van der Waals surface area (Å²) in [7, 11) is 0. The molecule has 0 aromatic carbocycles. The van der Waals surface area contributed by atoms with Crippen molar-refractivity contribution < 1.29 is 5.11 Å². The third kappa shape index (κ3) is 2.33. The maximum atomic E-state index is 8.81. The number of hydrogen-bond acceptors (Lipinski definition) is 4. The van der Waals surface area contributed by atoms with E-state index in [4.69, 9.17) is 5.11 Å². The zero-order valence-electron chi connectivity index (χ0n) is 8.89. The third-order valence-corrected chi connectivity index (χ3v) is 2.87. The van der Waals surface area contributed by atoms with Gasteiger partial charge < -0.3 is 10.4 Å². The fraction of sp³-hybridized carbons (Fsp3) is 0.400. The minimum atomic E-state index is 0.154. The lowest BCUT2D eigenvalue weighted by molar-refractivity contribution is 0.282. The summed E-state index contributed by atoms with van der Waals surface area (Å²) in [5.41, 5.74) is 0.779. The van der Waals surface area contributed by atoms with E-state index in [-0.39, 0.29) is 12.6 Å². The van der Waals surface area contributed by atoms with Gasteiger partial charge in [0.2, 0.25) is 5.95 Å². The van der Waals surface area contributed by atoms with E-state index in [9.17, 15) is 0 Å². The van der Waals surface area contributed by atoms with E-state index in [2.05, 4.69) is 31.3 Å². The Balaban J connectivity index is 2.23. The molecular weight excluding hydrogens is 272 g/mol. The first-order chi connectivity index (χ1) is 7.70. The second kappa shape index (κ2) is 4.80. The average Bonchev–Trinajstić information content (AvgIpc) is 2.62. The standard InChI is InChI=1S/C10H13BrN4O/c1-7(4-6-16)12-10-13-9-8(11)3-2-5-15(9)14-10/h2-3,5,7,16H,4,6H2,1H3,(H,12,14). The lowest BCUT2D eigenvalue weighted by Crippen LogP contribution is -2.17.